The van der Waals surface area contributed by atoms with Crippen molar-refractivity contribution >= 4 is 17.9 Å². The van der Waals surface area contributed by atoms with Gasteiger partial charge in [-0.15, -0.1) is 11.8 Å². The zero-order valence-corrected chi connectivity index (χ0v) is 15.4. The number of thioether (sulfide) groups is 1. The minimum absolute atomic E-state index is 0.413. The summed E-state index contributed by atoms with van der Waals surface area (Å²) in [5.74, 6) is 0.892. The fraction of sp³-hybridized carbons (Fsp3) is 0.368. The summed E-state index contributed by atoms with van der Waals surface area (Å²) in [7, 11) is 0. The van der Waals surface area contributed by atoms with Gasteiger partial charge in [0.05, 0.1) is 5.03 Å². The van der Waals surface area contributed by atoms with Crippen LogP contribution in [0.15, 0.2) is 47.6 Å². The third kappa shape index (κ3) is 6.24. The van der Waals surface area contributed by atoms with Crippen LogP contribution in [0.4, 0.5) is 4.79 Å². The molecule has 1 N–H and O–H groups in total. The van der Waals surface area contributed by atoms with E-state index in [9.17, 15) is 4.79 Å². The number of nitrogens with zero attached hydrogens (tertiary/aromatic N) is 1. The van der Waals surface area contributed by atoms with Crippen LogP contribution >= 0.6 is 11.8 Å². The van der Waals surface area contributed by atoms with Crippen LogP contribution in [0, 0.1) is 6.92 Å². The first-order chi connectivity index (χ1) is 11.3. The molecule has 0 saturated carbocycles. The Morgan fingerprint density at radius 1 is 1.25 bits per heavy atom. The number of carbonyl (C=O) groups is 1. The highest BCUT2D eigenvalue weighted by molar-refractivity contribution is 7.98. The number of ether oxygens (including phenoxy) is 1. The van der Waals surface area contributed by atoms with Gasteiger partial charge in [-0.05, 0) is 50.5 Å². The smallest absolute Gasteiger partial charge is 0.407 e. The summed E-state index contributed by atoms with van der Waals surface area (Å²) < 4.78 is 5.24. The molecule has 5 heteroatoms. The van der Waals surface area contributed by atoms with Crippen LogP contribution < -0.4 is 5.32 Å². The van der Waals surface area contributed by atoms with Crippen molar-refractivity contribution in [2.75, 3.05) is 0 Å². The second kappa shape index (κ2) is 8.20. The predicted molar refractivity (Wildman–Crippen MR) is 98.1 cm³/mol. The summed E-state index contributed by atoms with van der Waals surface area (Å²) in [4.78, 5) is 16.2. The monoisotopic (exact) mass is 344 g/mol. The molecule has 0 fully saturated rings. The second-order valence-corrected chi connectivity index (χ2v) is 7.57. The Morgan fingerprint density at radius 2 is 1.96 bits per heavy atom. The number of carbonyl (C=O) groups excluding carboxylic acids is 1. The highest BCUT2D eigenvalue weighted by Crippen LogP contribution is 2.22. The van der Waals surface area contributed by atoms with Crippen LogP contribution in [-0.2, 0) is 17.0 Å². The number of amides is 1. The van der Waals surface area contributed by atoms with E-state index in [1.165, 1.54) is 5.56 Å². The molecule has 0 saturated heterocycles. The van der Waals surface area contributed by atoms with Crippen molar-refractivity contribution in [3.63, 3.8) is 0 Å². The van der Waals surface area contributed by atoms with E-state index in [1.54, 1.807) is 11.8 Å². The van der Waals surface area contributed by atoms with E-state index < -0.39 is 11.7 Å². The van der Waals surface area contributed by atoms with Gasteiger partial charge in [-0.1, -0.05) is 30.3 Å². The molecule has 2 rings (SSSR count). The number of rotatable bonds is 5. The van der Waals surface area contributed by atoms with Crippen molar-refractivity contribution in [1.29, 1.82) is 0 Å². The minimum atomic E-state index is -0.491. The Balaban J connectivity index is 1.89. The molecule has 0 aliphatic rings. The molecule has 1 heterocycles. The summed E-state index contributed by atoms with van der Waals surface area (Å²) in [5.41, 5.74) is 2.88. The number of benzene rings is 1. The van der Waals surface area contributed by atoms with E-state index in [1.807, 2.05) is 52.1 Å². The average molecular weight is 344 g/mol. The molecule has 1 aromatic carbocycles. The molecular formula is C19H24N2O2S. The van der Waals surface area contributed by atoms with Crippen molar-refractivity contribution in [3.05, 3.63) is 59.3 Å². The molecular weight excluding hydrogens is 320 g/mol. The van der Waals surface area contributed by atoms with E-state index in [0.717, 1.165) is 21.9 Å². The normalized spacial score (nSPS) is 11.2. The van der Waals surface area contributed by atoms with Crippen LogP contribution in [-0.4, -0.2) is 16.7 Å². The molecule has 0 bridgehead atoms. The quantitative estimate of drug-likeness (QED) is 0.798. The Hall–Kier alpha value is -2.01. The number of nitrogens with one attached hydrogen (secondary N) is 1. The van der Waals surface area contributed by atoms with Gasteiger partial charge in [0.2, 0.25) is 0 Å². The van der Waals surface area contributed by atoms with Gasteiger partial charge >= 0.3 is 6.09 Å². The minimum Gasteiger partial charge on any atom is -0.444 e. The molecule has 0 radical (unpaired) electrons. The third-order valence-corrected chi connectivity index (χ3v) is 4.24. The topological polar surface area (TPSA) is 51.2 Å². The van der Waals surface area contributed by atoms with Gasteiger partial charge in [-0.3, -0.25) is 0 Å². The van der Waals surface area contributed by atoms with E-state index >= 15 is 0 Å². The molecule has 0 unspecified atom stereocenters. The van der Waals surface area contributed by atoms with Crippen molar-refractivity contribution in [2.24, 2.45) is 0 Å². The molecule has 0 aliphatic carbocycles. The summed E-state index contributed by atoms with van der Waals surface area (Å²) in [6.07, 6.45) is 1.41. The van der Waals surface area contributed by atoms with E-state index in [-0.39, 0.29) is 0 Å². The number of hydrogen-bond donors (Lipinski definition) is 1. The lowest BCUT2D eigenvalue weighted by atomic mass is 10.1. The fourth-order valence-corrected chi connectivity index (χ4v) is 2.93. The summed E-state index contributed by atoms with van der Waals surface area (Å²) in [5, 5.41) is 3.75. The Bertz CT molecular complexity index is 682. The number of pyridine rings is 1. The first-order valence-electron chi connectivity index (χ1n) is 7.92. The maximum Gasteiger partial charge on any atom is 0.407 e. The molecule has 0 spiro atoms. The predicted octanol–water partition coefficient (Wildman–Crippen LogP) is 4.71. The van der Waals surface area contributed by atoms with Crippen molar-refractivity contribution in [3.8, 4) is 0 Å². The van der Waals surface area contributed by atoms with Crippen LogP contribution in [0.3, 0.4) is 0 Å². The number of hydrogen-bond acceptors (Lipinski definition) is 4. The first kappa shape index (κ1) is 18.3. The molecule has 4 nitrogen and oxygen atoms in total. The third-order valence-electron chi connectivity index (χ3n) is 3.25. The fourth-order valence-electron chi connectivity index (χ4n) is 2.04. The van der Waals surface area contributed by atoms with Crippen LogP contribution in [0.5, 0.6) is 0 Å². The standard InChI is InChI=1S/C19H24N2O2S/c1-14-10-17(24-13-15-8-6-5-7-9-15)20-11-16(14)12-21-18(22)23-19(2,3)4/h5-11H,12-13H2,1-4H3,(H,21,22). The van der Waals surface area contributed by atoms with Crippen molar-refractivity contribution in [1.82, 2.24) is 10.3 Å². The van der Waals surface area contributed by atoms with Crippen molar-refractivity contribution < 1.29 is 9.53 Å². The molecule has 128 valence electrons. The Labute approximate surface area is 148 Å². The largest absolute Gasteiger partial charge is 0.444 e. The molecule has 1 amide bonds. The molecule has 0 aliphatic heterocycles. The summed E-state index contributed by atoms with van der Waals surface area (Å²) in [6, 6.07) is 12.4. The van der Waals surface area contributed by atoms with Gasteiger partial charge in [-0.2, -0.15) is 0 Å². The molecule has 1 aromatic heterocycles. The SMILES string of the molecule is Cc1cc(SCc2ccccc2)ncc1CNC(=O)OC(C)(C)C. The van der Waals surface area contributed by atoms with Crippen LogP contribution in [0.25, 0.3) is 0 Å². The van der Waals surface area contributed by atoms with Gasteiger partial charge in [0.1, 0.15) is 5.60 Å². The summed E-state index contributed by atoms with van der Waals surface area (Å²) >= 11 is 1.71. The van der Waals surface area contributed by atoms with E-state index in [2.05, 4.69) is 28.5 Å². The average Bonchev–Trinajstić information content (AvgIpc) is 2.51. The Morgan fingerprint density at radius 3 is 2.58 bits per heavy atom. The lowest BCUT2D eigenvalue weighted by molar-refractivity contribution is 0.0523. The molecule has 24 heavy (non-hydrogen) atoms. The van der Waals surface area contributed by atoms with E-state index in [4.69, 9.17) is 4.74 Å². The van der Waals surface area contributed by atoms with Gasteiger partial charge in [-0.25, -0.2) is 9.78 Å². The highest BCUT2D eigenvalue weighted by Gasteiger charge is 2.16. The zero-order chi connectivity index (χ0) is 17.6. The maximum absolute atomic E-state index is 11.7. The van der Waals surface area contributed by atoms with Gasteiger partial charge in [0.25, 0.3) is 0 Å². The maximum atomic E-state index is 11.7. The van der Waals surface area contributed by atoms with Crippen molar-refractivity contribution in [2.45, 2.75) is 50.6 Å². The second-order valence-electron chi connectivity index (χ2n) is 6.58. The zero-order valence-electron chi connectivity index (χ0n) is 14.6. The van der Waals surface area contributed by atoms with Gasteiger partial charge in [0, 0.05) is 18.5 Å². The number of aromatic nitrogens is 1. The number of alkyl carbamates (subject to hydrolysis) is 1. The van der Waals surface area contributed by atoms with Gasteiger partial charge in [0.15, 0.2) is 0 Å². The summed E-state index contributed by atoms with van der Waals surface area (Å²) in [6.45, 7) is 7.98. The lowest BCUT2D eigenvalue weighted by Crippen LogP contribution is -2.32. The molecule has 2 aromatic rings. The number of aryl methyl sites for hydroxylation is 1. The van der Waals surface area contributed by atoms with Crippen LogP contribution in [0.2, 0.25) is 0 Å². The first-order valence-corrected chi connectivity index (χ1v) is 8.91. The van der Waals surface area contributed by atoms with E-state index in [0.29, 0.717) is 6.54 Å². The Kier molecular flexibility index (Phi) is 6.26. The van der Waals surface area contributed by atoms with Crippen LogP contribution in [0.1, 0.15) is 37.5 Å². The highest BCUT2D eigenvalue weighted by atomic mass is 32.2. The van der Waals surface area contributed by atoms with Gasteiger partial charge < -0.3 is 10.1 Å². The lowest BCUT2D eigenvalue weighted by Gasteiger charge is -2.19. The molecule has 0 atom stereocenters.